The Morgan fingerprint density at radius 3 is 2.60 bits per heavy atom. The Kier molecular flexibility index (Phi) is 5.57. The summed E-state index contributed by atoms with van der Waals surface area (Å²) in [6.45, 7) is 8.06. The first-order valence-electron chi connectivity index (χ1n) is 10.1. The Morgan fingerprint density at radius 2 is 1.93 bits per heavy atom. The maximum Gasteiger partial charge on any atom is 0.328 e. The number of rotatable bonds is 5. The van der Waals surface area contributed by atoms with E-state index in [4.69, 9.17) is 0 Å². The van der Waals surface area contributed by atoms with Gasteiger partial charge in [0, 0.05) is 51.1 Å². The smallest absolute Gasteiger partial charge is 0.328 e. The van der Waals surface area contributed by atoms with Gasteiger partial charge in [-0.15, -0.1) is 11.3 Å². The van der Waals surface area contributed by atoms with Crippen molar-refractivity contribution in [1.82, 2.24) is 19.4 Å². The number of nitrogens with zero attached hydrogens (tertiary/aromatic N) is 4. The molecule has 8 nitrogen and oxygen atoms in total. The lowest BCUT2D eigenvalue weighted by molar-refractivity contribution is 0.0983. The highest BCUT2D eigenvalue weighted by Crippen LogP contribution is 2.24. The molecule has 0 aliphatic carbocycles. The van der Waals surface area contributed by atoms with Crippen LogP contribution >= 0.6 is 11.3 Å². The second-order valence-electron chi connectivity index (χ2n) is 7.59. The lowest BCUT2D eigenvalue weighted by atomic mass is 10.1. The summed E-state index contributed by atoms with van der Waals surface area (Å²) < 4.78 is 1.70. The Morgan fingerprint density at radius 1 is 1.20 bits per heavy atom. The highest BCUT2D eigenvalue weighted by atomic mass is 32.1. The van der Waals surface area contributed by atoms with Crippen molar-refractivity contribution >= 4 is 33.0 Å². The molecule has 9 heteroatoms. The van der Waals surface area contributed by atoms with E-state index in [1.807, 2.05) is 32.0 Å². The first kappa shape index (κ1) is 20.5. The van der Waals surface area contributed by atoms with E-state index in [0.717, 1.165) is 53.5 Å². The molecule has 4 rings (SSSR count). The minimum atomic E-state index is -0.388. The van der Waals surface area contributed by atoms with Crippen molar-refractivity contribution in [2.75, 3.05) is 31.1 Å². The van der Waals surface area contributed by atoms with Crippen LogP contribution in [0.15, 0.2) is 27.8 Å². The minimum Gasteiger partial charge on any atom is -0.368 e. The Bertz CT molecular complexity index is 1220. The second-order valence-corrected chi connectivity index (χ2v) is 8.73. The number of carbonyl (C=O) groups excluding carboxylic acids is 1. The molecule has 1 fully saturated rings. The van der Waals surface area contributed by atoms with Gasteiger partial charge in [-0.2, -0.15) is 0 Å². The van der Waals surface area contributed by atoms with E-state index in [1.54, 1.807) is 0 Å². The maximum atomic E-state index is 12.3. The molecular formula is C21H25N5O3S. The number of carbonyl (C=O) groups is 1. The monoisotopic (exact) mass is 427 g/mol. The number of hydrogen-bond donors (Lipinski definition) is 1. The number of nitrogens with one attached hydrogen (secondary N) is 1. The number of ketones is 1. The van der Waals surface area contributed by atoms with Gasteiger partial charge in [-0.1, -0.05) is 6.92 Å². The molecule has 1 saturated heterocycles. The van der Waals surface area contributed by atoms with E-state index < -0.39 is 0 Å². The van der Waals surface area contributed by atoms with Crippen LogP contribution in [0.5, 0.6) is 0 Å². The molecule has 0 amide bonds. The van der Waals surface area contributed by atoms with Crippen LogP contribution in [0.1, 0.15) is 34.4 Å². The summed E-state index contributed by atoms with van der Waals surface area (Å²) in [6, 6.07) is 5.73. The number of aryl methyl sites for hydroxylation is 1. The minimum absolute atomic E-state index is 0.0639. The van der Waals surface area contributed by atoms with Crippen molar-refractivity contribution < 1.29 is 4.79 Å². The molecule has 0 radical (unpaired) electrons. The molecule has 4 heterocycles. The number of hydrogen-bond acceptors (Lipinski definition) is 7. The molecule has 158 valence electrons. The zero-order valence-corrected chi connectivity index (χ0v) is 18.2. The maximum absolute atomic E-state index is 12.3. The molecule has 0 aromatic carbocycles. The predicted molar refractivity (Wildman–Crippen MR) is 119 cm³/mol. The molecule has 0 unspecified atom stereocenters. The number of thiophene rings is 1. The van der Waals surface area contributed by atoms with Crippen molar-refractivity contribution in [3.8, 4) is 0 Å². The highest BCUT2D eigenvalue weighted by Gasteiger charge is 2.21. The van der Waals surface area contributed by atoms with Crippen molar-refractivity contribution in [3.63, 3.8) is 0 Å². The third-order valence-corrected chi connectivity index (χ3v) is 6.69. The lowest BCUT2D eigenvalue weighted by Crippen LogP contribution is -2.46. The first-order chi connectivity index (χ1) is 14.4. The largest absolute Gasteiger partial charge is 0.368 e. The number of H-pyrrole nitrogens is 1. The van der Waals surface area contributed by atoms with Gasteiger partial charge in [0.1, 0.15) is 10.4 Å². The zero-order chi connectivity index (χ0) is 21.4. The van der Waals surface area contributed by atoms with Gasteiger partial charge in [-0.25, -0.2) is 9.78 Å². The highest BCUT2D eigenvalue weighted by molar-refractivity contribution is 7.18. The SMILES string of the molecule is CCC(=O)c1ccc(N2CCN(Cc3cc4[nH]c(=O)n(C)c(=O)c4s3)CC2)c(C)n1. The summed E-state index contributed by atoms with van der Waals surface area (Å²) in [4.78, 5) is 48.9. The third-order valence-electron chi connectivity index (χ3n) is 5.59. The van der Waals surface area contributed by atoms with Gasteiger partial charge >= 0.3 is 5.69 Å². The standard InChI is InChI=1S/C21H25N5O3S/c1-4-18(27)15-5-6-17(13(2)22-15)26-9-7-25(8-10-26)12-14-11-16-19(30-14)20(28)24(3)21(29)23-16/h5-6,11H,4,7-10,12H2,1-3H3,(H,23,29). The Hall–Kier alpha value is -2.78. The van der Waals surface area contributed by atoms with Crippen LogP contribution in [0.4, 0.5) is 5.69 Å². The van der Waals surface area contributed by atoms with E-state index in [2.05, 4.69) is 19.8 Å². The van der Waals surface area contributed by atoms with E-state index in [9.17, 15) is 14.4 Å². The van der Waals surface area contributed by atoms with Crippen LogP contribution in [-0.2, 0) is 13.6 Å². The predicted octanol–water partition coefficient (Wildman–Crippen LogP) is 1.91. The van der Waals surface area contributed by atoms with Gasteiger partial charge in [-0.3, -0.25) is 19.1 Å². The first-order valence-corrected chi connectivity index (χ1v) is 10.9. The fraction of sp³-hybridized carbons (Fsp3) is 0.429. The topological polar surface area (TPSA) is 91.3 Å². The van der Waals surface area contributed by atoms with Crippen LogP contribution in [0, 0.1) is 6.92 Å². The Labute approximate surface area is 177 Å². The van der Waals surface area contributed by atoms with Gasteiger partial charge in [0.15, 0.2) is 5.78 Å². The number of pyridine rings is 1. The van der Waals surface area contributed by atoms with Gasteiger partial charge in [-0.05, 0) is 25.1 Å². The molecule has 0 saturated carbocycles. The van der Waals surface area contributed by atoms with Crippen LogP contribution in [-0.4, -0.2) is 51.4 Å². The van der Waals surface area contributed by atoms with Crippen molar-refractivity contribution in [2.24, 2.45) is 7.05 Å². The van der Waals surface area contributed by atoms with Crippen LogP contribution in [0.25, 0.3) is 10.2 Å². The number of piperazine rings is 1. The second kappa shape index (κ2) is 8.16. The number of fused-ring (bicyclic) bond motifs is 1. The van der Waals surface area contributed by atoms with Gasteiger partial charge < -0.3 is 9.88 Å². The normalized spacial score (nSPS) is 15.1. The zero-order valence-electron chi connectivity index (χ0n) is 17.4. The average Bonchev–Trinajstić information content (AvgIpc) is 3.14. The molecule has 1 aliphatic rings. The molecule has 3 aromatic rings. The lowest BCUT2D eigenvalue weighted by Gasteiger charge is -2.36. The molecule has 0 atom stereocenters. The molecule has 30 heavy (non-hydrogen) atoms. The summed E-state index contributed by atoms with van der Waals surface area (Å²) in [5.41, 5.74) is 2.47. The number of anilines is 1. The third kappa shape index (κ3) is 3.82. The summed E-state index contributed by atoms with van der Waals surface area (Å²) >= 11 is 1.45. The summed E-state index contributed by atoms with van der Waals surface area (Å²) in [6.07, 6.45) is 0.460. The molecule has 3 aromatic heterocycles. The van der Waals surface area contributed by atoms with Gasteiger partial charge in [0.05, 0.1) is 16.9 Å². The van der Waals surface area contributed by atoms with Crippen LogP contribution in [0.2, 0.25) is 0 Å². The molecule has 0 bridgehead atoms. The molecule has 0 spiro atoms. The molecule has 1 aliphatic heterocycles. The molecule has 1 N–H and O–H groups in total. The summed E-state index contributed by atoms with van der Waals surface area (Å²) in [5, 5.41) is 0. The quantitative estimate of drug-likeness (QED) is 0.626. The number of aromatic amines is 1. The van der Waals surface area contributed by atoms with E-state index in [-0.39, 0.29) is 17.0 Å². The van der Waals surface area contributed by atoms with E-state index in [0.29, 0.717) is 22.3 Å². The fourth-order valence-corrected chi connectivity index (χ4v) is 4.94. The summed E-state index contributed by atoms with van der Waals surface area (Å²) in [7, 11) is 1.49. The van der Waals surface area contributed by atoms with E-state index >= 15 is 0 Å². The van der Waals surface area contributed by atoms with Crippen molar-refractivity contribution in [2.45, 2.75) is 26.8 Å². The number of Topliss-reactive ketones (excluding diaryl/α,β-unsaturated/α-hetero) is 1. The van der Waals surface area contributed by atoms with Crippen molar-refractivity contribution in [1.29, 1.82) is 0 Å². The van der Waals surface area contributed by atoms with Gasteiger partial charge in [0.2, 0.25) is 0 Å². The number of aromatic nitrogens is 3. The van der Waals surface area contributed by atoms with Crippen LogP contribution in [0.3, 0.4) is 0 Å². The van der Waals surface area contributed by atoms with Crippen molar-refractivity contribution in [3.05, 3.63) is 55.3 Å². The fourth-order valence-electron chi connectivity index (χ4n) is 3.81. The summed E-state index contributed by atoms with van der Waals surface area (Å²) in [5.74, 6) is 0.0639. The molecular weight excluding hydrogens is 402 g/mol. The Balaban J connectivity index is 1.43. The van der Waals surface area contributed by atoms with Crippen LogP contribution < -0.4 is 16.1 Å². The van der Waals surface area contributed by atoms with E-state index in [1.165, 1.54) is 18.4 Å². The van der Waals surface area contributed by atoms with Gasteiger partial charge in [0.25, 0.3) is 5.56 Å². The average molecular weight is 428 g/mol.